The van der Waals surface area contributed by atoms with Crippen molar-refractivity contribution in [3.8, 4) is 0 Å². The molecule has 0 aromatic heterocycles. The molecule has 0 radical (unpaired) electrons. The predicted molar refractivity (Wildman–Crippen MR) is 54.7 cm³/mol. The summed E-state index contributed by atoms with van der Waals surface area (Å²) in [6, 6.07) is 0. The molecule has 1 fully saturated rings. The Labute approximate surface area is 91.8 Å². The van der Waals surface area contributed by atoms with Crippen molar-refractivity contribution in [3.63, 3.8) is 0 Å². The lowest BCUT2D eigenvalue weighted by Crippen LogP contribution is -2.51. The fourth-order valence-electron chi connectivity index (χ4n) is 1.88. The molecule has 0 amide bonds. The van der Waals surface area contributed by atoms with Gasteiger partial charge < -0.3 is 0 Å². The summed E-state index contributed by atoms with van der Waals surface area (Å²) in [5.41, 5.74) is 0. The number of rotatable bonds is 0. The Morgan fingerprint density at radius 3 is 1.08 bits per heavy atom. The van der Waals surface area contributed by atoms with Gasteiger partial charge >= 0.3 is 0 Å². The van der Waals surface area contributed by atoms with Crippen LogP contribution in [0, 0.1) is 11.8 Å². The number of hydrogen-bond donors (Lipinski definition) is 0. The zero-order valence-electron chi connectivity index (χ0n) is 6.13. The van der Waals surface area contributed by atoms with Gasteiger partial charge in [-0.3, -0.25) is 0 Å². The lowest BCUT2D eigenvalue weighted by atomic mass is 9.74. The van der Waals surface area contributed by atoms with Gasteiger partial charge in [0.25, 0.3) is 0 Å². The summed E-state index contributed by atoms with van der Waals surface area (Å²) < 4.78 is 0. The quantitative estimate of drug-likeness (QED) is 0.454. The topological polar surface area (TPSA) is 0 Å². The average Bonchev–Trinajstić information content (AvgIpc) is 2.05. The van der Waals surface area contributed by atoms with Gasteiger partial charge in [0, 0.05) is 11.8 Å². The van der Waals surface area contributed by atoms with E-state index in [4.69, 9.17) is 46.4 Å². The molecule has 3 rings (SSSR count). The van der Waals surface area contributed by atoms with Crippen molar-refractivity contribution in [2.45, 2.75) is 21.5 Å². The second-order valence-electron chi connectivity index (χ2n) is 3.32. The first-order chi connectivity index (χ1) is 5.63. The van der Waals surface area contributed by atoms with E-state index in [1.54, 1.807) is 0 Å². The summed E-state index contributed by atoms with van der Waals surface area (Å²) in [4.78, 5) is 0. The van der Waals surface area contributed by atoms with E-state index in [9.17, 15) is 0 Å². The van der Waals surface area contributed by atoms with E-state index in [2.05, 4.69) is 0 Å². The standard InChI is InChI=1S/C8H8Cl4/c9-5-3-1-2-4(7(5)11)8(12)6(3)10/h1-8H. The number of alkyl halides is 4. The van der Waals surface area contributed by atoms with Crippen molar-refractivity contribution in [1.82, 2.24) is 0 Å². The van der Waals surface area contributed by atoms with E-state index in [0.717, 1.165) is 0 Å². The fraction of sp³-hybridized carbons (Fsp3) is 0.750. The van der Waals surface area contributed by atoms with Crippen LogP contribution in [0.3, 0.4) is 0 Å². The summed E-state index contributed by atoms with van der Waals surface area (Å²) in [7, 11) is 0. The molecule has 0 heterocycles. The van der Waals surface area contributed by atoms with Crippen molar-refractivity contribution in [1.29, 1.82) is 0 Å². The minimum Gasteiger partial charge on any atom is -0.121 e. The van der Waals surface area contributed by atoms with Crippen LogP contribution in [-0.4, -0.2) is 21.5 Å². The summed E-state index contributed by atoms with van der Waals surface area (Å²) >= 11 is 24.4. The van der Waals surface area contributed by atoms with E-state index in [0.29, 0.717) is 0 Å². The van der Waals surface area contributed by atoms with Crippen LogP contribution in [0.15, 0.2) is 12.2 Å². The molecule has 3 aliphatic rings. The van der Waals surface area contributed by atoms with Crippen molar-refractivity contribution in [3.05, 3.63) is 12.2 Å². The third-order valence-corrected chi connectivity index (χ3v) is 5.14. The van der Waals surface area contributed by atoms with E-state index in [1.807, 2.05) is 12.2 Å². The first-order valence-corrected chi connectivity index (χ1v) is 5.62. The molecule has 0 N–H and O–H groups in total. The van der Waals surface area contributed by atoms with Crippen LogP contribution in [0.25, 0.3) is 0 Å². The minimum atomic E-state index is -0.0702. The van der Waals surface area contributed by atoms with E-state index in [1.165, 1.54) is 0 Å². The molecule has 4 atom stereocenters. The zero-order valence-corrected chi connectivity index (χ0v) is 9.15. The molecule has 0 aromatic carbocycles. The Morgan fingerprint density at radius 1 is 0.583 bits per heavy atom. The molecule has 0 saturated heterocycles. The van der Waals surface area contributed by atoms with Gasteiger partial charge in [0.05, 0.1) is 21.5 Å². The van der Waals surface area contributed by atoms with Crippen LogP contribution in [0.4, 0.5) is 0 Å². The first kappa shape index (κ1) is 9.45. The van der Waals surface area contributed by atoms with Crippen LogP contribution >= 0.6 is 46.4 Å². The molecule has 68 valence electrons. The number of allylic oxidation sites excluding steroid dienone is 2. The Kier molecular flexibility index (Phi) is 2.55. The van der Waals surface area contributed by atoms with Gasteiger partial charge in [-0.15, -0.1) is 46.4 Å². The van der Waals surface area contributed by atoms with Crippen molar-refractivity contribution in [2.75, 3.05) is 0 Å². The molecule has 4 heteroatoms. The molecule has 4 unspecified atom stereocenters. The molecule has 1 saturated carbocycles. The Morgan fingerprint density at radius 2 is 0.833 bits per heavy atom. The third-order valence-electron chi connectivity index (χ3n) is 2.63. The highest BCUT2D eigenvalue weighted by atomic mass is 35.5. The maximum atomic E-state index is 6.10. The van der Waals surface area contributed by atoms with Crippen molar-refractivity contribution >= 4 is 46.4 Å². The Balaban J connectivity index is 2.32. The van der Waals surface area contributed by atoms with Gasteiger partial charge in [-0.2, -0.15) is 0 Å². The van der Waals surface area contributed by atoms with Crippen LogP contribution < -0.4 is 0 Å². The molecule has 0 nitrogen and oxygen atoms in total. The summed E-state index contributed by atoms with van der Waals surface area (Å²) in [5, 5.41) is -0.281. The fourth-order valence-corrected chi connectivity index (χ4v) is 3.67. The molecule has 0 aromatic rings. The normalized spacial score (nSPS) is 57.7. The molecule has 12 heavy (non-hydrogen) atoms. The van der Waals surface area contributed by atoms with Gasteiger partial charge in [-0.25, -0.2) is 0 Å². The highest BCUT2D eigenvalue weighted by Gasteiger charge is 2.49. The number of hydrogen-bond acceptors (Lipinski definition) is 0. The third kappa shape index (κ3) is 1.19. The lowest BCUT2D eigenvalue weighted by Gasteiger charge is -2.45. The highest BCUT2D eigenvalue weighted by molar-refractivity contribution is 6.35. The maximum absolute atomic E-state index is 6.10. The maximum Gasteiger partial charge on any atom is 0.0583 e. The Bertz CT molecular complexity index is 177. The summed E-state index contributed by atoms with van der Waals surface area (Å²) in [6.45, 7) is 0. The minimum absolute atomic E-state index is 0.0702. The average molecular weight is 246 g/mol. The van der Waals surface area contributed by atoms with Crippen LogP contribution in [0.2, 0.25) is 0 Å². The molecular formula is C8H8Cl4. The smallest absolute Gasteiger partial charge is 0.0583 e. The van der Waals surface area contributed by atoms with Crippen LogP contribution in [-0.2, 0) is 0 Å². The van der Waals surface area contributed by atoms with Gasteiger partial charge in [0.15, 0.2) is 0 Å². The predicted octanol–water partition coefficient (Wildman–Crippen LogP) is 3.23. The molecule has 3 aliphatic carbocycles. The summed E-state index contributed by atoms with van der Waals surface area (Å²) in [6.07, 6.45) is 4.08. The van der Waals surface area contributed by atoms with Crippen molar-refractivity contribution in [2.24, 2.45) is 11.8 Å². The monoisotopic (exact) mass is 244 g/mol. The van der Waals surface area contributed by atoms with E-state index < -0.39 is 0 Å². The molecular weight excluding hydrogens is 238 g/mol. The largest absolute Gasteiger partial charge is 0.121 e. The number of fused-ring (bicyclic) bond motifs is 2. The second kappa shape index (κ2) is 3.24. The van der Waals surface area contributed by atoms with Crippen molar-refractivity contribution < 1.29 is 0 Å². The van der Waals surface area contributed by atoms with Gasteiger partial charge in [0.1, 0.15) is 0 Å². The molecule has 0 aliphatic heterocycles. The Hall–Kier alpha value is 0.900. The van der Waals surface area contributed by atoms with Gasteiger partial charge in [-0.05, 0) is 0 Å². The molecule has 0 spiro atoms. The van der Waals surface area contributed by atoms with E-state index >= 15 is 0 Å². The lowest BCUT2D eigenvalue weighted by molar-refractivity contribution is 0.355. The van der Waals surface area contributed by atoms with Gasteiger partial charge in [0.2, 0.25) is 0 Å². The zero-order chi connectivity index (χ0) is 8.88. The second-order valence-corrected chi connectivity index (χ2v) is 5.33. The SMILES string of the molecule is ClC1C(Cl)C2C=CC1C(Cl)C2Cl. The number of halogens is 4. The highest BCUT2D eigenvalue weighted by Crippen LogP contribution is 2.46. The van der Waals surface area contributed by atoms with E-state index in [-0.39, 0.29) is 33.3 Å². The van der Waals surface area contributed by atoms with Crippen LogP contribution in [0.5, 0.6) is 0 Å². The molecule has 2 bridgehead atoms. The van der Waals surface area contributed by atoms with Gasteiger partial charge in [-0.1, -0.05) is 12.2 Å². The first-order valence-electron chi connectivity index (χ1n) is 3.87. The summed E-state index contributed by atoms with van der Waals surface area (Å²) in [5.74, 6) is 0.256. The van der Waals surface area contributed by atoms with Crippen LogP contribution in [0.1, 0.15) is 0 Å².